The Hall–Kier alpha value is -1.16. The van der Waals surface area contributed by atoms with Gasteiger partial charge in [-0.05, 0) is 38.4 Å². The fraction of sp³-hybridized carbons (Fsp3) is 0.667. The molecule has 1 aliphatic heterocycles. The van der Waals surface area contributed by atoms with Crippen LogP contribution >= 0.6 is 0 Å². The molecule has 1 aliphatic rings. The van der Waals surface area contributed by atoms with Gasteiger partial charge in [0.1, 0.15) is 0 Å². The molecule has 16 heavy (non-hydrogen) atoms. The van der Waals surface area contributed by atoms with E-state index in [1.807, 2.05) is 19.3 Å². The van der Waals surface area contributed by atoms with Crippen LogP contribution in [0.5, 0.6) is 0 Å². The summed E-state index contributed by atoms with van der Waals surface area (Å²) in [5.41, 5.74) is 1.10. The quantitative estimate of drug-likeness (QED) is 0.838. The number of likely N-dealkylation sites (N-methyl/N-ethyl adjacent to an activating group) is 1. The summed E-state index contributed by atoms with van der Waals surface area (Å²) in [5.74, 6) is 0.744. The zero-order valence-electron chi connectivity index (χ0n) is 10.1. The van der Waals surface area contributed by atoms with E-state index in [0.717, 1.165) is 24.6 Å². The smallest absolute Gasteiger partial charge is 0.222 e. The van der Waals surface area contributed by atoms with Crippen molar-refractivity contribution in [1.82, 2.24) is 14.9 Å². The summed E-state index contributed by atoms with van der Waals surface area (Å²) in [6.45, 7) is 7.55. The number of nitrogens with one attached hydrogen (secondary N) is 1. The van der Waals surface area contributed by atoms with E-state index in [-0.39, 0.29) is 0 Å². The average Bonchev–Trinajstić information content (AvgIpc) is 2.76. The molecule has 0 bridgehead atoms. The molecule has 4 nitrogen and oxygen atoms in total. The van der Waals surface area contributed by atoms with Gasteiger partial charge in [0, 0.05) is 25.0 Å². The molecule has 1 fully saturated rings. The number of aryl methyl sites for hydroxylation is 1. The Morgan fingerprint density at radius 2 is 2.19 bits per heavy atom. The normalized spacial score (nSPS) is 21.2. The Labute approximate surface area is 97.1 Å². The van der Waals surface area contributed by atoms with Gasteiger partial charge >= 0.3 is 0 Å². The molecule has 2 heterocycles. The zero-order chi connectivity index (χ0) is 11.4. The van der Waals surface area contributed by atoms with E-state index in [9.17, 15) is 0 Å². The van der Waals surface area contributed by atoms with Crippen LogP contribution in [0.3, 0.4) is 0 Å². The topological polar surface area (TPSA) is 41.0 Å². The van der Waals surface area contributed by atoms with Crippen LogP contribution in [0.2, 0.25) is 0 Å². The van der Waals surface area contributed by atoms with Gasteiger partial charge in [-0.1, -0.05) is 6.92 Å². The average molecular weight is 220 g/mol. The first kappa shape index (κ1) is 11.3. The van der Waals surface area contributed by atoms with E-state index < -0.39 is 0 Å². The molecule has 1 aromatic rings. The molecule has 1 saturated heterocycles. The summed E-state index contributed by atoms with van der Waals surface area (Å²) >= 11 is 0. The molecule has 4 heteroatoms. The van der Waals surface area contributed by atoms with Crippen LogP contribution in [-0.4, -0.2) is 40.5 Å². The van der Waals surface area contributed by atoms with Crippen molar-refractivity contribution < 1.29 is 0 Å². The summed E-state index contributed by atoms with van der Waals surface area (Å²) in [5, 5.41) is 3.31. The molecule has 1 unspecified atom stereocenters. The van der Waals surface area contributed by atoms with E-state index in [1.54, 1.807) is 0 Å². The van der Waals surface area contributed by atoms with E-state index in [0.29, 0.717) is 6.04 Å². The molecule has 0 saturated carbocycles. The second-order valence-corrected chi connectivity index (χ2v) is 4.39. The summed E-state index contributed by atoms with van der Waals surface area (Å²) in [7, 11) is 0. The SMILES string of the molecule is CCN1CCCC1CNc1ncc(C)cn1. The minimum absolute atomic E-state index is 0.648. The summed E-state index contributed by atoms with van der Waals surface area (Å²) in [4.78, 5) is 11.0. The maximum atomic E-state index is 4.25. The fourth-order valence-corrected chi connectivity index (χ4v) is 2.24. The van der Waals surface area contributed by atoms with Gasteiger partial charge in [0.15, 0.2) is 0 Å². The first-order valence-corrected chi connectivity index (χ1v) is 6.06. The van der Waals surface area contributed by atoms with E-state index in [2.05, 4.69) is 27.1 Å². The van der Waals surface area contributed by atoms with Crippen molar-refractivity contribution in [1.29, 1.82) is 0 Å². The second kappa shape index (κ2) is 5.25. The Kier molecular flexibility index (Phi) is 3.72. The predicted molar refractivity (Wildman–Crippen MR) is 65.5 cm³/mol. The van der Waals surface area contributed by atoms with Gasteiger partial charge in [0.2, 0.25) is 5.95 Å². The molecule has 0 radical (unpaired) electrons. The molecule has 0 aromatic carbocycles. The largest absolute Gasteiger partial charge is 0.353 e. The van der Waals surface area contributed by atoms with Gasteiger partial charge in [-0.25, -0.2) is 9.97 Å². The Morgan fingerprint density at radius 1 is 1.44 bits per heavy atom. The summed E-state index contributed by atoms with van der Waals surface area (Å²) in [6.07, 6.45) is 6.30. The number of rotatable bonds is 4. The molecule has 88 valence electrons. The van der Waals surface area contributed by atoms with Gasteiger partial charge in [-0.2, -0.15) is 0 Å². The van der Waals surface area contributed by atoms with Crippen molar-refractivity contribution in [2.45, 2.75) is 32.7 Å². The van der Waals surface area contributed by atoms with Crippen molar-refractivity contribution in [3.05, 3.63) is 18.0 Å². The number of anilines is 1. The maximum Gasteiger partial charge on any atom is 0.222 e. The van der Waals surface area contributed by atoms with Crippen molar-refractivity contribution in [2.75, 3.05) is 25.0 Å². The highest BCUT2D eigenvalue weighted by molar-refractivity contribution is 5.24. The van der Waals surface area contributed by atoms with Gasteiger partial charge in [-0.3, -0.25) is 4.90 Å². The minimum atomic E-state index is 0.648. The second-order valence-electron chi connectivity index (χ2n) is 4.39. The van der Waals surface area contributed by atoms with Crippen LogP contribution in [0.25, 0.3) is 0 Å². The van der Waals surface area contributed by atoms with Crippen molar-refractivity contribution in [3.8, 4) is 0 Å². The first-order valence-electron chi connectivity index (χ1n) is 6.06. The van der Waals surface area contributed by atoms with Crippen molar-refractivity contribution in [2.24, 2.45) is 0 Å². The molecule has 1 atom stereocenters. The van der Waals surface area contributed by atoms with E-state index in [1.165, 1.54) is 19.4 Å². The van der Waals surface area contributed by atoms with Gasteiger partial charge < -0.3 is 5.32 Å². The Bertz CT molecular complexity index is 322. The lowest BCUT2D eigenvalue weighted by Crippen LogP contribution is -2.34. The third-order valence-corrected chi connectivity index (χ3v) is 3.18. The number of aromatic nitrogens is 2. The van der Waals surface area contributed by atoms with E-state index in [4.69, 9.17) is 0 Å². The fourth-order valence-electron chi connectivity index (χ4n) is 2.24. The van der Waals surface area contributed by atoms with Crippen LogP contribution in [0.1, 0.15) is 25.3 Å². The number of hydrogen-bond acceptors (Lipinski definition) is 4. The highest BCUT2D eigenvalue weighted by Crippen LogP contribution is 2.16. The lowest BCUT2D eigenvalue weighted by atomic mass is 10.2. The molecule has 0 aliphatic carbocycles. The standard InChI is InChI=1S/C12H20N4/c1-3-16-6-4-5-11(16)9-15-12-13-7-10(2)8-14-12/h7-8,11H,3-6,9H2,1-2H3,(H,13,14,15). The third kappa shape index (κ3) is 2.70. The van der Waals surface area contributed by atoms with Crippen molar-refractivity contribution >= 4 is 5.95 Å². The summed E-state index contributed by atoms with van der Waals surface area (Å²) < 4.78 is 0. The molecule has 0 amide bonds. The molecule has 2 rings (SSSR count). The Balaban J connectivity index is 1.85. The van der Waals surface area contributed by atoms with Crippen LogP contribution in [0.4, 0.5) is 5.95 Å². The molecular weight excluding hydrogens is 200 g/mol. The Morgan fingerprint density at radius 3 is 2.88 bits per heavy atom. The zero-order valence-corrected chi connectivity index (χ0v) is 10.1. The van der Waals surface area contributed by atoms with Crippen LogP contribution in [0, 0.1) is 6.92 Å². The lowest BCUT2D eigenvalue weighted by Gasteiger charge is -2.22. The molecule has 0 spiro atoms. The minimum Gasteiger partial charge on any atom is -0.353 e. The van der Waals surface area contributed by atoms with Crippen LogP contribution in [0.15, 0.2) is 12.4 Å². The number of hydrogen-bond donors (Lipinski definition) is 1. The molecule has 1 aromatic heterocycles. The lowest BCUT2D eigenvalue weighted by molar-refractivity contribution is 0.277. The molecular formula is C12H20N4. The number of nitrogens with zero attached hydrogens (tertiary/aromatic N) is 3. The highest BCUT2D eigenvalue weighted by Gasteiger charge is 2.22. The van der Waals surface area contributed by atoms with Crippen LogP contribution in [-0.2, 0) is 0 Å². The first-order chi connectivity index (χ1) is 7.79. The van der Waals surface area contributed by atoms with Gasteiger partial charge in [0.25, 0.3) is 0 Å². The van der Waals surface area contributed by atoms with Gasteiger partial charge in [-0.15, -0.1) is 0 Å². The van der Waals surface area contributed by atoms with Gasteiger partial charge in [0.05, 0.1) is 0 Å². The predicted octanol–water partition coefficient (Wildman–Crippen LogP) is 1.68. The highest BCUT2D eigenvalue weighted by atomic mass is 15.2. The number of likely N-dealkylation sites (tertiary alicyclic amines) is 1. The van der Waals surface area contributed by atoms with Crippen LogP contribution < -0.4 is 5.32 Å². The monoisotopic (exact) mass is 220 g/mol. The third-order valence-electron chi connectivity index (χ3n) is 3.18. The maximum absolute atomic E-state index is 4.25. The van der Waals surface area contributed by atoms with E-state index >= 15 is 0 Å². The summed E-state index contributed by atoms with van der Waals surface area (Å²) in [6, 6.07) is 0.648. The van der Waals surface area contributed by atoms with Crippen molar-refractivity contribution in [3.63, 3.8) is 0 Å². The molecule has 1 N–H and O–H groups in total.